The summed E-state index contributed by atoms with van der Waals surface area (Å²) in [5.74, 6) is 0.959. The van der Waals surface area contributed by atoms with Crippen LogP contribution in [0.25, 0.3) is 0 Å². The maximum absolute atomic E-state index is 12.0. The van der Waals surface area contributed by atoms with Gasteiger partial charge in [0.25, 0.3) is 0 Å². The van der Waals surface area contributed by atoms with Gasteiger partial charge < -0.3 is 20.7 Å². The smallest absolute Gasteiger partial charge is 0.314 e. The molecule has 1 aromatic carbocycles. The number of rotatable bonds is 6. The third kappa shape index (κ3) is 5.51. The Hall–Kier alpha value is -2.45. The molecule has 9 heteroatoms. The highest BCUT2D eigenvalue weighted by molar-refractivity contribution is 6.30. The molecule has 1 fully saturated rings. The van der Waals surface area contributed by atoms with Crippen LogP contribution < -0.4 is 16.0 Å². The lowest BCUT2D eigenvalue weighted by molar-refractivity contribution is -0.921. The van der Waals surface area contributed by atoms with Gasteiger partial charge in [-0.05, 0) is 44.0 Å². The van der Waals surface area contributed by atoms with Crippen molar-refractivity contribution < 1.29 is 14.4 Å². The molecule has 2 heterocycles. The first-order valence-corrected chi connectivity index (χ1v) is 9.44. The molecule has 1 aromatic heterocycles. The summed E-state index contributed by atoms with van der Waals surface area (Å²) in [6.07, 6.45) is 1.83. The Bertz CT molecular complexity index is 786. The Labute approximate surface area is 163 Å². The average molecular weight is 392 g/mol. The molecule has 0 spiro atoms. The van der Waals surface area contributed by atoms with Crippen LogP contribution in [0, 0.1) is 5.92 Å². The fourth-order valence-electron chi connectivity index (χ4n) is 3.23. The number of aromatic nitrogens is 3. The van der Waals surface area contributed by atoms with Crippen molar-refractivity contribution in [3.05, 3.63) is 35.1 Å². The number of nitrogens with two attached hydrogens (primary N) is 1. The second kappa shape index (κ2) is 8.96. The quantitative estimate of drug-likeness (QED) is 0.635. The standard InChI is InChI=1S/C18H23ClN6O2/c1-2-27-16(26)12-4-3-9-25(10-12)11-15-22-17(20)24-18(23-15)21-14-7-5-13(19)6-8-14/h5-8,12H,2-4,9-11H2,1H3,(H3,20,21,22,23,24)/p+1/t12-/m1/s1. The Morgan fingerprint density at radius 2 is 2.11 bits per heavy atom. The van der Waals surface area contributed by atoms with Gasteiger partial charge in [-0.2, -0.15) is 15.0 Å². The molecule has 1 aliphatic rings. The van der Waals surface area contributed by atoms with Crippen LogP contribution in [0.3, 0.4) is 0 Å². The summed E-state index contributed by atoms with van der Waals surface area (Å²) in [7, 11) is 0. The Morgan fingerprint density at radius 1 is 1.33 bits per heavy atom. The van der Waals surface area contributed by atoms with Crippen LogP contribution in [-0.4, -0.2) is 40.6 Å². The van der Waals surface area contributed by atoms with Crippen molar-refractivity contribution in [3.8, 4) is 0 Å². The molecule has 1 unspecified atom stereocenters. The summed E-state index contributed by atoms with van der Waals surface area (Å²) in [5, 5.41) is 3.76. The largest absolute Gasteiger partial charge is 0.466 e. The normalized spacial score (nSPS) is 19.5. The van der Waals surface area contributed by atoms with E-state index in [1.807, 2.05) is 19.1 Å². The molecule has 0 aliphatic carbocycles. The van der Waals surface area contributed by atoms with Crippen LogP contribution in [0.15, 0.2) is 24.3 Å². The Kier molecular flexibility index (Phi) is 6.41. The minimum atomic E-state index is -0.116. The molecule has 0 saturated carbocycles. The zero-order valence-electron chi connectivity index (χ0n) is 15.2. The SMILES string of the molecule is CCOC(=O)[C@@H]1CCC[NH+](Cc2nc(N)nc(Nc3ccc(Cl)cc3)n2)C1. The lowest BCUT2D eigenvalue weighted by Crippen LogP contribution is -3.12. The minimum Gasteiger partial charge on any atom is -0.466 e. The van der Waals surface area contributed by atoms with E-state index in [-0.39, 0.29) is 17.8 Å². The molecule has 144 valence electrons. The second-order valence-electron chi connectivity index (χ2n) is 6.54. The topological polar surface area (TPSA) is 107 Å². The second-order valence-corrected chi connectivity index (χ2v) is 6.97. The van der Waals surface area contributed by atoms with Gasteiger partial charge in [-0.1, -0.05) is 11.6 Å². The van der Waals surface area contributed by atoms with Crippen LogP contribution >= 0.6 is 11.6 Å². The van der Waals surface area contributed by atoms with E-state index < -0.39 is 0 Å². The third-order valence-electron chi connectivity index (χ3n) is 4.45. The van der Waals surface area contributed by atoms with E-state index in [9.17, 15) is 4.79 Å². The molecule has 1 aliphatic heterocycles. The van der Waals surface area contributed by atoms with Crippen molar-refractivity contribution in [1.29, 1.82) is 0 Å². The summed E-state index contributed by atoms with van der Waals surface area (Å²) in [5.41, 5.74) is 6.66. The zero-order valence-corrected chi connectivity index (χ0v) is 16.0. The number of hydrogen-bond donors (Lipinski definition) is 3. The zero-order chi connectivity index (χ0) is 19.2. The third-order valence-corrected chi connectivity index (χ3v) is 4.70. The van der Waals surface area contributed by atoms with E-state index in [1.54, 1.807) is 12.1 Å². The van der Waals surface area contributed by atoms with E-state index in [0.717, 1.165) is 25.1 Å². The fraction of sp³-hybridized carbons (Fsp3) is 0.444. The van der Waals surface area contributed by atoms with E-state index in [0.29, 0.717) is 36.5 Å². The highest BCUT2D eigenvalue weighted by Crippen LogP contribution is 2.17. The molecule has 0 radical (unpaired) electrons. The minimum absolute atomic E-state index is 0.0699. The number of nitrogens with zero attached hydrogens (tertiary/aromatic N) is 3. The maximum Gasteiger partial charge on any atom is 0.314 e. The highest BCUT2D eigenvalue weighted by Gasteiger charge is 2.30. The lowest BCUT2D eigenvalue weighted by atomic mass is 9.98. The number of esters is 1. The Morgan fingerprint density at radius 3 is 2.85 bits per heavy atom. The first-order valence-electron chi connectivity index (χ1n) is 9.06. The molecule has 4 N–H and O–H groups in total. The van der Waals surface area contributed by atoms with Crippen molar-refractivity contribution in [2.45, 2.75) is 26.3 Å². The van der Waals surface area contributed by atoms with Crippen LogP contribution in [0.1, 0.15) is 25.6 Å². The van der Waals surface area contributed by atoms with Gasteiger partial charge >= 0.3 is 5.97 Å². The molecule has 2 aromatic rings. The number of carbonyl (C=O) groups excluding carboxylic acids is 1. The number of benzene rings is 1. The number of ether oxygens (including phenoxy) is 1. The van der Waals surface area contributed by atoms with Crippen molar-refractivity contribution in [3.63, 3.8) is 0 Å². The maximum atomic E-state index is 12.0. The summed E-state index contributed by atoms with van der Waals surface area (Å²) < 4.78 is 5.16. The van der Waals surface area contributed by atoms with Crippen LogP contribution in [0.4, 0.5) is 17.6 Å². The van der Waals surface area contributed by atoms with Crippen molar-refractivity contribution in [2.24, 2.45) is 5.92 Å². The molecule has 8 nitrogen and oxygen atoms in total. The average Bonchev–Trinajstić information content (AvgIpc) is 2.63. The number of nitrogens with one attached hydrogen (secondary N) is 2. The van der Waals surface area contributed by atoms with Gasteiger partial charge in [0.1, 0.15) is 12.5 Å². The van der Waals surface area contributed by atoms with E-state index in [2.05, 4.69) is 20.3 Å². The summed E-state index contributed by atoms with van der Waals surface area (Å²) in [6, 6.07) is 7.23. The van der Waals surface area contributed by atoms with Gasteiger partial charge in [0.2, 0.25) is 11.9 Å². The van der Waals surface area contributed by atoms with E-state index >= 15 is 0 Å². The first kappa shape index (κ1) is 19.3. The van der Waals surface area contributed by atoms with Crippen LogP contribution in [0.2, 0.25) is 5.02 Å². The van der Waals surface area contributed by atoms with E-state index in [4.69, 9.17) is 22.1 Å². The Balaban J connectivity index is 1.67. The van der Waals surface area contributed by atoms with Crippen molar-refractivity contribution in [2.75, 3.05) is 30.7 Å². The molecule has 0 amide bonds. The molecule has 1 saturated heterocycles. The predicted octanol–water partition coefficient (Wildman–Crippen LogP) is 1.21. The highest BCUT2D eigenvalue weighted by atomic mass is 35.5. The van der Waals surface area contributed by atoms with Crippen LogP contribution in [-0.2, 0) is 16.1 Å². The number of anilines is 3. The van der Waals surface area contributed by atoms with Gasteiger partial charge in [0, 0.05) is 10.7 Å². The lowest BCUT2D eigenvalue weighted by Gasteiger charge is -2.28. The molecule has 3 rings (SSSR count). The number of hydrogen-bond acceptors (Lipinski definition) is 7. The number of quaternary nitrogens is 1. The van der Waals surface area contributed by atoms with Crippen molar-refractivity contribution in [1.82, 2.24) is 15.0 Å². The predicted molar refractivity (Wildman–Crippen MR) is 103 cm³/mol. The van der Waals surface area contributed by atoms with E-state index in [1.165, 1.54) is 4.90 Å². The van der Waals surface area contributed by atoms with Gasteiger partial charge in [-0.25, -0.2) is 0 Å². The number of halogens is 1. The van der Waals surface area contributed by atoms with Crippen molar-refractivity contribution >= 4 is 35.2 Å². The monoisotopic (exact) mass is 391 g/mol. The molecule has 27 heavy (non-hydrogen) atoms. The number of nitrogen functional groups attached to an aromatic ring is 1. The number of likely N-dealkylation sites (tertiary alicyclic amines) is 1. The van der Waals surface area contributed by atoms with Gasteiger partial charge in [0.15, 0.2) is 5.82 Å². The summed E-state index contributed by atoms with van der Waals surface area (Å²) in [6.45, 7) is 4.49. The molecule has 0 bridgehead atoms. The molecular weight excluding hydrogens is 368 g/mol. The fourth-order valence-corrected chi connectivity index (χ4v) is 3.36. The van der Waals surface area contributed by atoms with Gasteiger partial charge in [0.05, 0.1) is 19.7 Å². The number of carbonyl (C=O) groups is 1. The molecule has 2 atom stereocenters. The molecular formula is C18H24ClN6O2+. The first-order chi connectivity index (χ1) is 13.0. The summed E-state index contributed by atoms with van der Waals surface area (Å²) >= 11 is 5.90. The summed E-state index contributed by atoms with van der Waals surface area (Å²) in [4.78, 5) is 26.1. The van der Waals surface area contributed by atoms with Gasteiger partial charge in [-0.15, -0.1) is 0 Å². The van der Waals surface area contributed by atoms with Crippen LogP contribution in [0.5, 0.6) is 0 Å². The van der Waals surface area contributed by atoms with Gasteiger partial charge in [-0.3, -0.25) is 4.79 Å². The number of piperidine rings is 1.